The van der Waals surface area contributed by atoms with Gasteiger partial charge in [0.25, 0.3) is 0 Å². The van der Waals surface area contributed by atoms with Gasteiger partial charge in [0.1, 0.15) is 0 Å². The summed E-state index contributed by atoms with van der Waals surface area (Å²) in [6.07, 6.45) is 10.7. The average molecular weight is 221 g/mol. The molecule has 0 radical (unpaired) electrons. The number of rotatable bonds is 0. The zero-order valence-corrected chi connectivity index (χ0v) is 10.3. The normalized spacial score (nSPS) is 41.2. The van der Waals surface area contributed by atoms with Crippen molar-refractivity contribution in [2.24, 2.45) is 11.8 Å². The summed E-state index contributed by atoms with van der Waals surface area (Å²) >= 11 is 0. The Hall–Kier alpha value is -0.660. The zero-order chi connectivity index (χ0) is 11.0. The van der Waals surface area contributed by atoms with Crippen LogP contribution < -0.4 is 0 Å². The topological polar surface area (TPSA) is 12.5 Å². The van der Waals surface area contributed by atoms with E-state index >= 15 is 0 Å². The first-order valence-electron chi connectivity index (χ1n) is 6.94. The van der Waals surface area contributed by atoms with E-state index in [9.17, 15) is 0 Å². The lowest BCUT2D eigenvalue weighted by molar-refractivity contribution is -0.0368. The fourth-order valence-electron chi connectivity index (χ4n) is 3.89. The van der Waals surface area contributed by atoms with Crippen LogP contribution in [0.3, 0.4) is 0 Å². The van der Waals surface area contributed by atoms with Gasteiger partial charge in [-0.25, -0.2) is 0 Å². The fourth-order valence-corrected chi connectivity index (χ4v) is 3.89. The Morgan fingerprint density at radius 3 is 2.81 bits per heavy atom. The Morgan fingerprint density at radius 1 is 1.19 bits per heavy atom. The molecule has 0 amide bonds. The largest absolute Gasteiger partial charge is 0.479 e. The van der Waals surface area contributed by atoms with Crippen molar-refractivity contribution in [3.05, 3.63) is 12.0 Å². The summed E-state index contributed by atoms with van der Waals surface area (Å²) in [4.78, 5) is 2.55. The van der Waals surface area contributed by atoms with Crippen molar-refractivity contribution >= 4 is 0 Å². The van der Waals surface area contributed by atoms with Gasteiger partial charge in [-0.1, -0.05) is 19.3 Å². The number of ether oxygens (including phenoxy) is 1. The minimum atomic E-state index is 0.777. The monoisotopic (exact) mass is 221 g/mol. The first-order valence-corrected chi connectivity index (χ1v) is 6.94. The molecule has 0 aromatic rings. The molecule has 3 aliphatic rings. The molecule has 2 aliphatic heterocycles. The van der Waals surface area contributed by atoms with Gasteiger partial charge in [-0.2, -0.15) is 0 Å². The van der Waals surface area contributed by atoms with E-state index < -0.39 is 0 Å². The van der Waals surface area contributed by atoms with Crippen molar-refractivity contribution in [2.75, 3.05) is 13.2 Å². The molecule has 2 saturated heterocycles. The van der Waals surface area contributed by atoms with E-state index in [4.69, 9.17) is 4.74 Å². The maximum atomic E-state index is 5.76. The summed E-state index contributed by atoms with van der Waals surface area (Å²) in [5.41, 5.74) is 0. The van der Waals surface area contributed by atoms with E-state index in [1.165, 1.54) is 45.1 Å². The van der Waals surface area contributed by atoms with Crippen LogP contribution in [-0.4, -0.2) is 24.1 Å². The van der Waals surface area contributed by atoms with Crippen LogP contribution >= 0.6 is 0 Å². The van der Waals surface area contributed by atoms with Crippen LogP contribution in [0.15, 0.2) is 12.0 Å². The van der Waals surface area contributed by atoms with Gasteiger partial charge in [0.05, 0.1) is 6.61 Å². The summed E-state index contributed by atoms with van der Waals surface area (Å²) in [7, 11) is 0. The third-order valence-corrected chi connectivity index (χ3v) is 4.74. The third kappa shape index (κ3) is 1.72. The molecule has 3 atom stereocenters. The second-order valence-electron chi connectivity index (χ2n) is 5.61. The van der Waals surface area contributed by atoms with Crippen LogP contribution in [0.4, 0.5) is 0 Å². The van der Waals surface area contributed by atoms with Crippen molar-refractivity contribution in [3.63, 3.8) is 0 Å². The standard InChI is InChI=1S/C14H23NO/c1-2-14-15-10-12-6-4-3-5-11(12)9-13(15)7-8-16-14/h2,11-13H,3-10H2,1H3/b14-2-/t11-,12-,13+/m0/s1. The van der Waals surface area contributed by atoms with E-state index in [-0.39, 0.29) is 0 Å². The van der Waals surface area contributed by atoms with E-state index in [1.807, 2.05) is 0 Å². The molecule has 90 valence electrons. The van der Waals surface area contributed by atoms with Gasteiger partial charge in [0, 0.05) is 19.0 Å². The molecule has 0 bridgehead atoms. The molecular formula is C14H23NO. The molecule has 1 aliphatic carbocycles. The molecule has 0 aromatic heterocycles. The SMILES string of the molecule is C/C=C1\OCC[C@@H]2C[C@@H]3CCCC[C@H]3CN12. The second-order valence-corrected chi connectivity index (χ2v) is 5.61. The van der Waals surface area contributed by atoms with Crippen LogP contribution in [0.2, 0.25) is 0 Å². The molecule has 0 spiro atoms. The Kier molecular flexibility index (Phi) is 2.82. The van der Waals surface area contributed by atoms with Gasteiger partial charge >= 0.3 is 0 Å². The summed E-state index contributed by atoms with van der Waals surface area (Å²) in [6.45, 7) is 4.29. The lowest BCUT2D eigenvalue weighted by Gasteiger charge is -2.49. The van der Waals surface area contributed by atoms with Gasteiger partial charge in [-0.05, 0) is 37.7 Å². The lowest BCUT2D eigenvalue weighted by Crippen LogP contribution is -2.50. The fraction of sp³-hybridized carbons (Fsp3) is 0.857. The number of hydrogen-bond donors (Lipinski definition) is 0. The first-order chi connectivity index (χ1) is 7.88. The Bertz CT molecular complexity index is 286. The third-order valence-electron chi connectivity index (χ3n) is 4.74. The van der Waals surface area contributed by atoms with Crippen molar-refractivity contribution in [2.45, 2.75) is 51.5 Å². The van der Waals surface area contributed by atoms with Crippen molar-refractivity contribution in [3.8, 4) is 0 Å². The van der Waals surface area contributed by atoms with Crippen molar-refractivity contribution < 1.29 is 4.74 Å². The highest BCUT2D eigenvalue weighted by Gasteiger charge is 2.39. The van der Waals surface area contributed by atoms with E-state index in [0.29, 0.717) is 0 Å². The predicted molar refractivity (Wildman–Crippen MR) is 64.9 cm³/mol. The van der Waals surface area contributed by atoms with Gasteiger partial charge < -0.3 is 9.64 Å². The highest BCUT2D eigenvalue weighted by molar-refractivity contribution is 5.02. The van der Waals surface area contributed by atoms with Crippen LogP contribution in [0.1, 0.15) is 45.4 Å². The van der Waals surface area contributed by atoms with Gasteiger partial charge in [0.15, 0.2) is 5.88 Å². The highest BCUT2D eigenvalue weighted by atomic mass is 16.5. The molecule has 0 unspecified atom stereocenters. The quantitative estimate of drug-likeness (QED) is 0.623. The molecule has 16 heavy (non-hydrogen) atoms. The van der Waals surface area contributed by atoms with Crippen LogP contribution in [0.5, 0.6) is 0 Å². The number of piperidine rings is 1. The molecule has 2 nitrogen and oxygen atoms in total. The molecular weight excluding hydrogens is 198 g/mol. The molecule has 2 heterocycles. The Labute approximate surface area is 98.6 Å². The second kappa shape index (κ2) is 4.31. The van der Waals surface area contributed by atoms with Crippen LogP contribution in [-0.2, 0) is 4.74 Å². The van der Waals surface area contributed by atoms with Gasteiger partial charge in [0.2, 0.25) is 0 Å². The average Bonchev–Trinajstić information content (AvgIpc) is 2.35. The summed E-state index contributed by atoms with van der Waals surface area (Å²) < 4.78 is 5.76. The molecule has 0 N–H and O–H groups in total. The smallest absolute Gasteiger partial charge is 0.185 e. The molecule has 3 rings (SSSR count). The minimum Gasteiger partial charge on any atom is -0.479 e. The van der Waals surface area contributed by atoms with E-state index in [1.54, 1.807) is 0 Å². The summed E-state index contributed by atoms with van der Waals surface area (Å²) in [5.74, 6) is 3.12. The minimum absolute atomic E-state index is 0.777. The Morgan fingerprint density at radius 2 is 2.00 bits per heavy atom. The zero-order valence-electron chi connectivity index (χ0n) is 10.3. The highest BCUT2D eigenvalue weighted by Crippen LogP contribution is 2.41. The molecule has 2 heteroatoms. The number of hydrogen-bond acceptors (Lipinski definition) is 2. The van der Waals surface area contributed by atoms with Gasteiger partial charge in [-0.15, -0.1) is 0 Å². The molecule has 0 aromatic carbocycles. The van der Waals surface area contributed by atoms with E-state index in [2.05, 4.69) is 17.9 Å². The first kappa shape index (κ1) is 10.5. The Balaban J connectivity index is 1.76. The maximum Gasteiger partial charge on any atom is 0.185 e. The van der Waals surface area contributed by atoms with E-state index in [0.717, 1.165) is 30.4 Å². The number of nitrogens with zero attached hydrogens (tertiary/aromatic N) is 1. The van der Waals surface area contributed by atoms with Crippen LogP contribution in [0, 0.1) is 11.8 Å². The molecule has 3 fully saturated rings. The number of allylic oxidation sites excluding steroid dienone is 1. The van der Waals surface area contributed by atoms with Crippen molar-refractivity contribution in [1.29, 1.82) is 0 Å². The lowest BCUT2D eigenvalue weighted by atomic mass is 9.72. The summed E-state index contributed by atoms with van der Waals surface area (Å²) in [5, 5.41) is 0. The van der Waals surface area contributed by atoms with Crippen molar-refractivity contribution in [1.82, 2.24) is 4.90 Å². The van der Waals surface area contributed by atoms with Crippen LogP contribution in [0.25, 0.3) is 0 Å². The predicted octanol–water partition coefficient (Wildman–Crippen LogP) is 3.15. The number of fused-ring (bicyclic) bond motifs is 2. The maximum absolute atomic E-state index is 5.76. The molecule has 1 saturated carbocycles. The summed E-state index contributed by atoms with van der Waals surface area (Å²) in [6, 6.07) is 0.777. The van der Waals surface area contributed by atoms with Gasteiger partial charge in [-0.3, -0.25) is 0 Å².